The van der Waals surface area contributed by atoms with Gasteiger partial charge in [-0.15, -0.1) is 0 Å². The minimum atomic E-state index is -0.459. The van der Waals surface area contributed by atoms with Crippen LogP contribution in [0.3, 0.4) is 0 Å². The van der Waals surface area contributed by atoms with Crippen LogP contribution >= 0.6 is 0 Å². The van der Waals surface area contributed by atoms with Gasteiger partial charge in [0.25, 0.3) is 5.91 Å². The molecule has 0 fully saturated rings. The Bertz CT molecular complexity index is 685. The summed E-state index contributed by atoms with van der Waals surface area (Å²) >= 11 is 0. The Morgan fingerprint density at radius 3 is 2.17 bits per heavy atom. The number of benzene rings is 2. The fourth-order valence-electron chi connectivity index (χ4n) is 2.16. The van der Waals surface area contributed by atoms with E-state index in [0.29, 0.717) is 5.56 Å². The standard InChI is InChI=1S/C20H23NO3/c1-20(2,3)17-11-9-15(10-12-17)14-24-18(22)13-21-19(23)16-7-5-4-6-8-16/h4-12H,13-14H2,1-3H3,(H,21,23). The van der Waals surface area contributed by atoms with Crippen molar-refractivity contribution in [3.8, 4) is 0 Å². The molecule has 0 saturated heterocycles. The summed E-state index contributed by atoms with van der Waals surface area (Å²) in [4.78, 5) is 23.6. The molecule has 0 bridgehead atoms. The quantitative estimate of drug-likeness (QED) is 0.857. The summed E-state index contributed by atoms with van der Waals surface area (Å²) in [5.74, 6) is -0.749. The number of carbonyl (C=O) groups is 2. The Morgan fingerprint density at radius 1 is 0.958 bits per heavy atom. The van der Waals surface area contributed by atoms with E-state index in [4.69, 9.17) is 4.74 Å². The van der Waals surface area contributed by atoms with Crippen molar-refractivity contribution < 1.29 is 14.3 Å². The summed E-state index contributed by atoms with van der Waals surface area (Å²) in [5.41, 5.74) is 2.76. The van der Waals surface area contributed by atoms with E-state index in [1.807, 2.05) is 30.3 Å². The van der Waals surface area contributed by atoms with E-state index >= 15 is 0 Å². The van der Waals surface area contributed by atoms with Crippen LogP contribution in [0.25, 0.3) is 0 Å². The highest BCUT2D eigenvalue weighted by molar-refractivity contribution is 5.95. The van der Waals surface area contributed by atoms with E-state index in [-0.39, 0.29) is 24.5 Å². The molecule has 4 heteroatoms. The predicted molar refractivity (Wildman–Crippen MR) is 93.7 cm³/mol. The molecular formula is C20H23NO3. The molecule has 1 N–H and O–H groups in total. The highest BCUT2D eigenvalue weighted by Gasteiger charge is 2.13. The number of hydrogen-bond acceptors (Lipinski definition) is 3. The molecule has 1 amide bonds. The number of amides is 1. The monoisotopic (exact) mass is 325 g/mol. The first kappa shape index (κ1) is 17.7. The van der Waals surface area contributed by atoms with E-state index in [2.05, 4.69) is 26.1 Å². The van der Waals surface area contributed by atoms with Crippen molar-refractivity contribution in [2.24, 2.45) is 0 Å². The predicted octanol–water partition coefficient (Wildman–Crippen LogP) is 3.46. The van der Waals surface area contributed by atoms with Gasteiger partial charge in [0.1, 0.15) is 13.2 Å². The van der Waals surface area contributed by atoms with Gasteiger partial charge in [-0.25, -0.2) is 0 Å². The molecule has 0 aromatic heterocycles. The van der Waals surface area contributed by atoms with Crippen LogP contribution in [-0.4, -0.2) is 18.4 Å². The van der Waals surface area contributed by atoms with Gasteiger partial charge in [0.15, 0.2) is 0 Å². The van der Waals surface area contributed by atoms with Crippen LogP contribution in [0.4, 0.5) is 0 Å². The average molecular weight is 325 g/mol. The van der Waals surface area contributed by atoms with Crippen LogP contribution in [0.5, 0.6) is 0 Å². The Morgan fingerprint density at radius 2 is 1.58 bits per heavy atom. The third kappa shape index (κ3) is 5.23. The lowest BCUT2D eigenvalue weighted by atomic mass is 9.87. The topological polar surface area (TPSA) is 55.4 Å². The first-order valence-electron chi connectivity index (χ1n) is 7.94. The zero-order valence-corrected chi connectivity index (χ0v) is 14.3. The van der Waals surface area contributed by atoms with E-state index in [1.165, 1.54) is 5.56 Å². The molecule has 0 unspecified atom stereocenters. The Labute approximate surface area is 142 Å². The van der Waals surface area contributed by atoms with Gasteiger partial charge >= 0.3 is 5.97 Å². The minimum absolute atomic E-state index is 0.0942. The maximum atomic E-state index is 11.8. The lowest BCUT2D eigenvalue weighted by molar-refractivity contribution is -0.143. The zero-order valence-electron chi connectivity index (χ0n) is 14.3. The molecule has 24 heavy (non-hydrogen) atoms. The molecule has 0 heterocycles. The average Bonchev–Trinajstić information content (AvgIpc) is 2.58. The van der Waals surface area contributed by atoms with Gasteiger partial charge < -0.3 is 10.1 Å². The Hall–Kier alpha value is -2.62. The summed E-state index contributed by atoms with van der Waals surface area (Å²) in [6, 6.07) is 16.8. The van der Waals surface area contributed by atoms with Gasteiger partial charge in [0.2, 0.25) is 0 Å². The van der Waals surface area contributed by atoms with Crippen molar-refractivity contribution in [3.05, 3.63) is 71.3 Å². The Balaban J connectivity index is 1.78. The van der Waals surface area contributed by atoms with Gasteiger partial charge in [-0.2, -0.15) is 0 Å². The van der Waals surface area contributed by atoms with Gasteiger partial charge in [-0.3, -0.25) is 9.59 Å². The van der Waals surface area contributed by atoms with Crippen LogP contribution < -0.4 is 5.32 Å². The number of nitrogens with one attached hydrogen (secondary N) is 1. The summed E-state index contributed by atoms with van der Waals surface area (Å²) < 4.78 is 5.19. The van der Waals surface area contributed by atoms with Crippen LogP contribution in [0.2, 0.25) is 0 Å². The maximum absolute atomic E-state index is 11.8. The van der Waals surface area contributed by atoms with E-state index < -0.39 is 5.97 Å². The van der Waals surface area contributed by atoms with Crippen LogP contribution in [0, 0.1) is 0 Å². The molecule has 0 atom stereocenters. The summed E-state index contributed by atoms with van der Waals surface area (Å²) in [6.07, 6.45) is 0. The van der Waals surface area contributed by atoms with Crippen molar-refractivity contribution >= 4 is 11.9 Å². The van der Waals surface area contributed by atoms with Gasteiger partial charge in [-0.1, -0.05) is 63.2 Å². The molecule has 2 aromatic carbocycles. The van der Waals surface area contributed by atoms with Gasteiger partial charge in [0.05, 0.1) is 0 Å². The highest BCUT2D eigenvalue weighted by atomic mass is 16.5. The lowest BCUT2D eigenvalue weighted by Crippen LogP contribution is -2.30. The Kier molecular flexibility index (Phi) is 5.74. The molecule has 2 rings (SSSR count). The van der Waals surface area contributed by atoms with E-state index in [1.54, 1.807) is 24.3 Å². The van der Waals surface area contributed by atoms with E-state index in [0.717, 1.165) is 5.56 Å². The molecule has 2 aromatic rings. The van der Waals surface area contributed by atoms with Crippen molar-refractivity contribution in [3.63, 3.8) is 0 Å². The van der Waals surface area contributed by atoms with Crippen molar-refractivity contribution in [2.75, 3.05) is 6.54 Å². The van der Waals surface area contributed by atoms with Crippen molar-refractivity contribution in [1.82, 2.24) is 5.32 Å². The van der Waals surface area contributed by atoms with Crippen LogP contribution in [0.15, 0.2) is 54.6 Å². The second-order valence-electron chi connectivity index (χ2n) is 6.66. The molecule has 4 nitrogen and oxygen atoms in total. The number of carbonyl (C=O) groups excluding carboxylic acids is 2. The number of ether oxygens (including phenoxy) is 1. The third-order valence-electron chi connectivity index (χ3n) is 3.65. The molecule has 0 aliphatic heterocycles. The molecule has 0 radical (unpaired) electrons. The number of hydrogen-bond donors (Lipinski definition) is 1. The minimum Gasteiger partial charge on any atom is -0.460 e. The molecular weight excluding hydrogens is 302 g/mol. The SMILES string of the molecule is CC(C)(C)c1ccc(COC(=O)CNC(=O)c2ccccc2)cc1. The maximum Gasteiger partial charge on any atom is 0.325 e. The highest BCUT2D eigenvalue weighted by Crippen LogP contribution is 2.22. The smallest absolute Gasteiger partial charge is 0.325 e. The second kappa shape index (κ2) is 7.77. The number of rotatable bonds is 5. The first-order chi connectivity index (χ1) is 11.4. The summed E-state index contributed by atoms with van der Waals surface area (Å²) in [7, 11) is 0. The van der Waals surface area contributed by atoms with Crippen LogP contribution in [0.1, 0.15) is 42.3 Å². The third-order valence-corrected chi connectivity index (χ3v) is 3.65. The molecule has 0 spiro atoms. The molecule has 0 aliphatic rings. The fourth-order valence-corrected chi connectivity index (χ4v) is 2.16. The fraction of sp³-hybridized carbons (Fsp3) is 0.300. The molecule has 126 valence electrons. The molecule has 0 saturated carbocycles. The largest absolute Gasteiger partial charge is 0.460 e. The summed E-state index contributed by atoms with van der Waals surface area (Å²) in [6.45, 7) is 6.50. The second-order valence-corrected chi connectivity index (χ2v) is 6.66. The van der Waals surface area contributed by atoms with E-state index in [9.17, 15) is 9.59 Å². The molecule has 0 aliphatic carbocycles. The first-order valence-corrected chi connectivity index (χ1v) is 7.94. The van der Waals surface area contributed by atoms with Crippen LogP contribution in [-0.2, 0) is 21.6 Å². The normalized spacial score (nSPS) is 11.0. The number of esters is 1. The van der Waals surface area contributed by atoms with Crippen molar-refractivity contribution in [2.45, 2.75) is 32.8 Å². The van der Waals surface area contributed by atoms with Gasteiger partial charge in [0, 0.05) is 5.56 Å². The van der Waals surface area contributed by atoms with Crippen molar-refractivity contribution in [1.29, 1.82) is 0 Å². The summed E-state index contributed by atoms with van der Waals surface area (Å²) in [5, 5.41) is 2.55. The van der Waals surface area contributed by atoms with Gasteiger partial charge in [-0.05, 0) is 28.7 Å². The zero-order chi connectivity index (χ0) is 17.6. The lowest BCUT2D eigenvalue weighted by Gasteiger charge is -2.19.